The lowest BCUT2D eigenvalue weighted by molar-refractivity contribution is -0.123. The number of benzene rings is 1. The molecule has 2 N–H and O–H groups in total. The van der Waals surface area contributed by atoms with Gasteiger partial charge in [-0.05, 0) is 38.4 Å². The minimum Gasteiger partial charge on any atom is -0.395 e. The Balaban J connectivity index is 1.64. The third-order valence-corrected chi connectivity index (χ3v) is 5.03. The molecule has 1 unspecified atom stereocenters. The van der Waals surface area contributed by atoms with E-state index in [-0.39, 0.29) is 18.6 Å². The van der Waals surface area contributed by atoms with E-state index in [2.05, 4.69) is 41.4 Å². The van der Waals surface area contributed by atoms with Gasteiger partial charge in [0.05, 0.1) is 13.2 Å². The summed E-state index contributed by atoms with van der Waals surface area (Å²) in [5, 5.41) is 12.3. The molecule has 22 heavy (non-hydrogen) atoms. The van der Waals surface area contributed by atoms with Crippen molar-refractivity contribution in [1.29, 1.82) is 0 Å². The third-order valence-electron chi connectivity index (χ3n) is 4.02. The lowest BCUT2D eigenvalue weighted by atomic mass is 10.0. The van der Waals surface area contributed by atoms with Crippen LogP contribution in [-0.2, 0) is 4.79 Å². The number of carbonyl (C=O) groups excluding carboxylic acids is 1. The van der Waals surface area contributed by atoms with Gasteiger partial charge in [0.15, 0.2) is 0 Å². The Hall–Kier alpha value is -1.04. The van der Waals surface area contributed by atoms with Crippen LogP contribution in [0.2, 0.25) is 0 Å². The lowest BCUT2D eigenvalue weighted by Crippen LogP contribution is -2.47. The van der Waals surface area contributed by atoms with Crippen LogP contribution in [-0.4, -0.2) is 53.9 Å². The van der Waals surface area contributed by atoms with Crippen molar-refractivity contribution in [3.8, 4) is 0 Å². The van der Waals surface area contributed by atoms with E-state index in [4.69, 9.17) is 0 Å². The van der Waals surface area contributed by atoms with Crippen LogP contribution in [0.25, 0.3) is 0 Å². The summed E-state index contributed by atoms with van der Waals surface area (Å²) in [6.45, 7) is 4.22. The second-order valence-electron chi connectivity index (χ2n) is 5.81. The molecule has 2 rings (SSSR count). The van der Waals surface area contributed by atoms with Gasteiger partial charge in [-0.1, -0.05) is 24.1 Å². The molecular weight excluding hydrogens is 296 g/mol. The van der Waals surface area contributed by atoms with Crippen LogP contribution in [0.1, 0.15) is 24.8 Å². The fraction of sp³-hybridized carbons (Fsp3) is 0.588. The first kappa shape index (κ1) is 17.3. The smallest absolute Gasteiger partial charge is 0.234 e. The summed E-state index contributed by atoms with van der Waals surface area (Å²) < 4.78 is 0. The van der Waals surface area contributed by atoms with Crippen LogP contribution in [0.5, 0.6) is 0 Å². The molecule has 5 heteroatoms. The average molecular weight is 322 g/mol. The van der Waals surface area contributed by atoms with E-state index in [1.54, 1.807) is 11.8 Å². The van der Waals surface area contributed by atoms with Gasteiger partial charge in [-0.2, -0.15) is 0 Å². The van der Waals surface area contributed by atoms with Crippen LogP contribution in [0.15, 0.2) is 29.2 Å². The molecule has 0 aliphatic carbocycles. The van der Waals surface area contributed by atoms with E-state index in [1.165, 1.54) is 10.5 Å². The first-order chi connectivity index (χ1) is 10.7. The number of likely N-dealkylation sites (tertiary alicyclic amines) is 1. The largest absolute Gasteiger partial charge is 0.395 e. The number of aliphatic hydroxyl groups is 1. The Morgan fingerprint density at radius 1 is 1.36 bits per heavy atom. The maximum atomic E-state index is 12.0. The van der Waals surface area contributed by atoms with E-state index in [0.29, 0.717) is 13.1 Å². The normalized spacial score (nSPS) is 19.1. The minimum atomic E-state index is 0.0601. The Kier molecular flexibility index (Phi) is 7.22. The van der Waals surface area contributed by atoms with Gasteiger partial charge in [0.2, 0.25) is 5.91 Å². The van der Waals surface area contributed by atoms with E-state index >= 15 is 0 Å². The van der Waals surface area contributed by atoms with E-state index in [1.807, 2.05) is 0 Å². The van der Waals surface area contributed by atoms with Crippen LogP contribution in [0, 0.1) is 6.92 Å². The molecule has 1 amide bonds. The number of nitrogens with one attached hydrogen (secondary N) is 1. The number of nitrogens with zero attached hydrogens (tertiary/aromatic N) is 1. The molecule has 4 nitrogen and oxygen atoms in total. The highest BCUT2D eigenvalue weighted by molar-refractivity contribution is 7.99. The molecule has 0 bridgehead atoms. The Morgan fingerprint density at radius 3 is 2.86 bits per heavy atom. The van der Waals surface area contributed by atoms with Crippen molar-refractivity contribution >= 4 is 17.7 Å². The zero-order valence-corrected chi connectivity index (χ0v) is 14.1. The number of aliphatic hydroxyl groups excluding tert-OH is 1. The predicted molar refractivity (Wildman–Crippen MR) is 91.2 cm³/mol. The molecule has 0 saturated carbocycles. The summed E-state index contributed by atoms with van der Waals surface area (Å²) >= 11 is 1.75. The van der Waals surface area contributed by atoms with Crippen molar-refractivity contribution in [2.45, 2.75) is 37.1 Å². The standard InChI is InChI=1S/C17H26N2O2S/c1-14-5-7-16(8-6-14)22-11-9-18-17(21)12-19-10-3-2-4-15(19)13-20/h5-8,15,20H,2-4,9-13H2,1H3,(H,18,21). The molecule has 1 heterocycles. The number of aryl methyl sites for hydroxylation is 1. The second kappa shape index (κ2) is 9.18. The Morgan fingerprint density at radius 2 is 2.14 bits per heavy atom. The van der Waals surface area contributed by atoms with Crippen molar-refractivity contribution in [3.63, 3.8) is 0 Å². The molecule has 1 aliphatic heterocycles. The molecule has 1 atom stereocenters. The number of amides is 1. The molecule has 122 valence electrons. The van der Waals surface area contributed by atoms with Gasteiger partial charge in [0, 0.05) is 23.2 Å². The fourth-order valence-corrected chi connectivity index (χ4v) is 3.48. The highest BCUT2D eigenvalue weighted by Gasteiger charge is 2.23. The van der Waals surface area contributed by atoms with Crippen LogP contribution >= 0.6 is 11.8 Å². The number of piperidine rings is 1. The van der Waals surface area contributed by atoms with Crippen molar-refractivity contribution in [1.82, 2.24) is 10.2 Å². The van der Waals surface area contributed by atoms with Gasteiger partial charge in [-0.15, -0.1) is 11.8 Å². The SMILES string of the molecule is Cc1ccc(SCCNC(=O)CN2CCCCC2CO)cc1. The van der Waals surface area contributed by atoms with Crippen LogP contribution < -0.4 is 5.32 Å². The second-order valence-corrected chi connectivity index (χ2v) is 6.98. The fourth-order valence-electron chi connectivity index (χ4n) is 2.71. The number of hydrogen-bond donors (Lipinski definition) is 2. The first-order valence-electron chi connectivity index (χ1n) is 8.00. The van der Waals surface area contributed by atoms with E-state index in [0.717, 1.165) is 31.6 Å². The topological polar surface area (TPSA) is 52.6 Å². The Bertz CT molecular complexity index is 464. The monoisotopic (exact) mass is 322 g/mol. The highest BCUT2D eigenvalue weighted by atomic mass is 32.2. The van der Waals surface area contributed by atoms with Crippen molar-refractivity contribution in [3.05, 3.63) is 29.8 Å². The minimum absolute atomic E-state index is 0.0601. The summed E-state index contributed by atoms with van der Waals surface area (Å²) in [6.07, 6.45) is 3.26. The third kappa shape index (κ3) is 5.63. The van der Waals surface area contributed by atoms with Gasteiger partial charge in [0.25, 0.3) is 0 Å². The van der Waals surface area contributed by atoms with Gasteiger partial charge >= 0.3 is 0 Å². The molecule has 0 spiro atoms. The molecular formula is C17H26N2O2S. The molecule has 1 fully saturated rings. The maximum absolute atomic E-state index is 12.0. The van der Waals surface area contributed by atoms with Crippen LogP contribution in [0.3, 0.4) is 0 Å². The average Bonchev–Trinajstić information content (AvgIpc) is 2.54. The number of thioether (sulfide) groups is 1. The van der Waals surface area contributed by atoms with Gasteiger partial charge in [-0.3, -0.25) is 9.69 Å². The maximum Gasteiger partial charge on any atom is 0.234 e. The summed E-state index contributed by atoms with van der Waals surface area (Å²) in [7, 11) is 0. The number of carbonyl (C=O) groups is 1. The lowest BCUT2D eigenvalue weighted by Gasteiger charge is -2.33. The number of rotatable bonds is 7. The number of hydrogen-bond acceptors (Lipinski definition) is 4. The van der Waals surface area contributed by atoms with Gasteiger partial charge in [0.1, 0.15) is 0 Å². The molecule has 0 aromatic heterocycles. The van der Waals surface area contributed by atoms with E-state index < -0.39 is 0 Å². The van der Waals surface area contributed by atoms with Gasteiger partial charge in [-0.25, -0.2) is 0 Å². The highest BCUT2D eigenvalue weighted by Crippen LogP contribution is 2.18. The van der Waals surface area contributed by atoms with Crippen LogP contribution in [0.4, 0.5) is 0 Å². The molecule has 1 aliphatic rings. The molecule has 1 aromatic rings. The summed E-state index contributed by atoms with van der Waals surface area (Å²) in [6, 6.07) is 8.59. The zero-order valence-electron chi connectivity index (χ0n) is 13.3. The van der Waals surface area contributed by atoms with Crippen molar-refractivity contribution < 1.29 is 9.90 Å². The van der Waals surface area contributed by atoms with Crippen molar-refractivity contribution in [2.75, 3.05) is 32.0 Å². The molecule has 0 radical (unpaired) electrons. The van der Waals surface area contributed by atoms with Crippen molar-refractivity contribution in [2.24, 2.45) is 0 Å². The summed E-state index contributed by atoms with van der Waals surface area (Å²) in [5.74, 6) is 0.933. The molecule has 1 aromatic carbocycles. The first-order valence-corrected chi connectivity index (χ1v) is 8.98. The quantitative estimate of drug-likeness (QED) is 0.596. The Labute approximate surface area is 137 Å². The summed E-state index contributed by atoms with van der Waals surface area (Å²) in [4.78, 5) is 15.3. The predicted octanol–water partition coefficient (Wildman–Crippen LogP) is 2.05. The summed E-state index contributed by atoms with van der Waals surface area (Å²) in [5.41, 5.74) is 1.26. The van der Waals surface area contributed by atoms with Gasteiger partial charge < -0.3 is 10.4 Å². The van der Waals surface area contributed by atoms with E-state index in [9.17, 15) is 9.90 Å². The zero-order chi connectivity index (χ0) is 15.8. The molecule has 1 saturated heterocycles.